The number of hydrogen-bond acceptors (Lipinski definition) is 6. The van der Waals surface area contributed by atoms with E-state index >= 15 is 0 Å². The van der Waals surface area contributed by atoms with Crippen molar-refractivity contribution in [2.75, 3.05) is 11.9 Å². The Morgan fingerprint density at radius 3 is 2.39 bits per heavy atom. The molecule has 4 rings (SSSR count). The molecule has 2 aliphatic rings. The lowest BCUT2D eigenvalue weighted by Crippen LogP contribution is -2.45. The van der Waals surface area contributed by atoms with Crippen molar-refractivity contribution in [1.29, 1.82) is 0 Å². The Hall–Kier alpha value is -3.55. The predicted octanol–water partition coefficient (Wildman–Crippen LogP) is 3.66. The molecule has 1 aliphatic carbocycles. The number of amides is 2. The molecule has 0 aromatic heterocycles. The van der Waals surface area contributed by atoms with Gasteiger partial charge in [-0.15, -0.1) is 0 Å². The molecule has 2 aromatic rings. The monoisotopic (exact) mass is 452 g/mol. The van der Waals surface area contributed by atoms with Gasteiger partial charge in [0, 0.05) is 30.2 Å². The van der Waals surface area contributed by atoms with Gasteiger partial charge < -0.3 is 24.8 Å². The lowest BCUT2D eigenvalue weighted by atomic mass is 10.0. The molecule has 1 heterocycles. The van der Waals surface area contributed by atoms with Crippen molar-refractivity contribution in [3.8, 4) is 11.5 Å². The Kier molecular flexibility index (Phi) is 6.53. The van der Waals surface area contributed by atoms with Gasteiger partial charge in [0.1, 0.15) is 6.04 Å². The van der Waals surface area contributed by atoms with Crippen molar-refractivity contribution >= 4 is 23.5 Å². The van der Waals surface area contributed by atoms with Crippen LogP contribution < -0.4 is 20.1 Å². The van der Waals surface area contributed by atoms with Crippen LogP contribution in [0.2, 0.25) is 0 Å². The summed E-state index contributed by atoms with van der Waals surface area (Å²) in [4.78, 5) is 37.3. The van der Waals surface area contributed by atoms with Crippen LogP contribution in [0.25, 0.3) is 0 Å². The molecule has 1 spiro atoms. The van der Waals surface area contributed by atoms with Crippen molar-refractivity contribution in [3.05, 3.63) is 54.1 Å². The molecule has 8 heteroatoms. The summed E-state index contributed by atoms with van der Waals surface area (Å²) in [6.45, 7) is 3.11. The van der Waals surface area contributed by atoms with Crippen LogP contribution in [-0.4, -0.2) is 36.2 Å². The first kappa shape index (κ1) is 22.6. The average molecular weight is 453 g/mol. The van der Waals surface area contributed by atoms with Crippen LogP contribution >= 0.6 is 0 Å². The summed E-state index contributed by atoms with van der Waals surface area (Å²) in [5.74, 6) is -1.07. The third-order valence-corrected chi connectivity index (χ3v) is 5.77. The summed E-state index contributed by atoms with van der Waals surface area (Å²) < 4.78 is 17.2. The van der Waals surface area contributed by atoms with E-state index in [-0.39, 0.29) is 11.8 Å². The maximum Gasteiger partial charge on any atom is 0.329 e. The maximum atomic E-state index is 12.6. The quantitative estimate of drug-likeness (QED) is 0.622. The van der Waals surface area contributed by atoms with Crippen LogP contribution in [0.15, 0.2) is 48.5 Å². The molecule has 1 saturated carbocycles. The van der Waals surface area contributed by atoms with Gasteiger partial charge in [-0.1, -0.05) is 32.0 Å². The number of anilines is 1. The molecule has 1 aliphatic heterocycles. The Morgan fingerprint density at radius 2 is 1.70 bits per heavy atom. The zero-order valence-electron chi connectivity index (χ0n) is 18.8. The van der Waals surface area contributed by atoms with E-state index in [0.29, 0.717) is 22.7 Å². The average Bonchev–Trinajstić information content (AvgIpc) is 3.41. The van der Waals surface area contributed by atoms with E-state index in [1.165, 1.54) is 0 Å². The van der Waals surface area contributed by atoms with E-state index in [9.17, 15) is 14.4 Å². The van der Waals surface area contributed by atoms with Crippen LogP contribution in [0.5, 0.6) is 11.5 Å². The summed E-state index contributed by atoms with van der Waals surface area (Å²) in [5, 5.41) is 5.38. The molecule has 1 unspecified atom stereocenters. The molecular weight excluding hydrogens is 424 g/mol. The molecule has 1 atom stereocenters. The van der Waals surface area contributed by atoms with Gasteiger partial charge in [-0.05, 0) is 43.0 Å². The lowest BCUT2D eigenvalue weighted by molar-refractivity contribution is -0.150. The van der Waals surface area contributed by atoms with Crippen LogP contribution in [0.3, 0.4) is 0 Å². The molecule has 2 aromatic carbocycles. The van der Waals surface area contributed by atoms with Gasteiger partial charge in [-0.2, -0.15) is 0 Å². The van der Waals surface area contributed by atoms with Crippen molar-refractivity contribution in [2.45, 2.75) is 51.4 Å². The second-order valence-corrected chi connectivity index (χ2v) is 8.70. The Labute approximate surface area is 192 Å². The van der Waals surface area contributed by atoms with Gasteiger partial charge in [0.15, 0.2) is 18.1 Å². The normalized spacial score (nSPS) is 16.5. The molecule has 174 valence electrons. The van der Waals surface area contributed by atoms with Crippen molar-refractivity contribution in [2.24, 2.45) is 5.92 Å². The maximum absolute atomic E-state index is 12.6. The zero-order chi connectivity index (χ0) is 23.4. The Bertz CT molecular complexity index is 1030. The molecule has 2 N–H and O–H groups in total. The fraction of sp³-hybridized carbons (Fsp3) is 0.400. The fourth-order valence-electron chi connectivity index (χ4n) is 4.02. The second kappa shape index (κ2) is 9.52. The van der Waals surface area contributed by atoms with E-state index in [0.717, 1.165) is 25.7 Å². The molecule has 1 fully saturated rings. The molecule has 33 heavy (non-hydrogen) atoms. The summed E-state index contributed by atoms with van der Waals surface area (Å²) in [5.41, 5.74) is 0.960. The van der Waals surface area contributed by atoms with Crippen LogP contribution in [0.4, 0.5) is 5.69 Å². The summed E-state index contributed by atoms with van der Waals surface area (Å²) in [7, 11) is 0. The third-order valence-electron chi connectivity index (χ3n) is 5.77. The molecule has 0 saturated heterocycles. The van der Waals surface area contributed by atoms with Gasteiger partial charge in [-0.3, -0.25) is 9.59 Å². The highest BCUT2D eigenvalue weighted by molar-refractivity contribution is 5.97. The number of ether oxygens (including phenoxy) is 3. The standard InChI is InChI=1S/C25H28N2O6/c1-16(2)22(27-23(29)17-8-4-3-5-9-17)24(30)31-15-21(28)26-18-10-11-19-20(14-18)33-25(32-19)12-6-7-13-25/h3-5,8-11,14,16,22H,6-7,12-13,15H2,1-2H3,(H,26,28)(H,27,29). The highest BCUT2D eigenvalue weighted by Gasteiger charge is 2.44. The van der Waals surface area contributed by atoms with E-state index in [1.807, 2.05) is 0 Å². The number of fused-ring (bicyclic) bond motifs is 1. The molecule has 8 nitrogen and oxygen atoms in total. The zero-order valence-corrected chi connectivity index (χ0v) is 18.8. The number of benzene rings is 2. The summed E-state index contributed by atoms with van der Waals surface area (Å²) in [6.07, 6.45) is 3.81. The Balaban J connectivity index is 1.30. The first-order chi connectivity index (χ1) is 15.8. The first-order valence-corrected chi connectivity index (χ1v) is 11.2. The first-order valence-electron chi connectivity index (χ1n) is 11.2. The number of nitrogens with one attached hydrogen (secondary N) is 2. The number of rotatable bonds is 7. The smallest absolute Gasteiger partial charge is 0.329 e. The van der Waals surface area contributed by atoms with E-state index in [1.54, 1.807) is 62.4 Å². The summed E-state index contributed by atoms with van der Waals surface area (Å²) in [6, 6.07) is 12.9. The topological polar surface area (TPSA) is 103 Å². The van der Waals surface area contributed by atoms with Crippen molar-refractivity contribution in [3.63, 3.8) is 0 Å². The highest BCUT2D eigenvalue weighted by Crippen LogP contribution is 2.47. The SMILES string of the molecule is CC(C)C(NC(=O)c1ccccc1)C(=O)OCC(=O)Nc1ccc2c(c1)OC1(CCCC1)O2. The minimum absolute atomic E-state index is 0.218. The summed E-state index contributed by atoms with van der Waals surface area (Å²) >= 11 is 0. The van der Waals surface area contributed by atoms with Gasteiger partial charge >= 0.3 is 5.97 Å². The Morgan fingerprint density at radius 1 is 1.00 bits per heavy atom. The molecule has 2 amide bonds. The van der Waals surface area contributed by atoms with Crippen molar-refractivity contribution < 1.29 is 28.6 Å². The molecular formula is C25H28N2O6. The van der Waals surface area contributed by atoms with Crippen LogP contribution in [-0.2, 0) is 14.3 Å². The third kappa shape index (κ3) is 5.27. The number of carbonyl (C=O) groups is 3. The van der Waals surface area contributed by atoms with Crippen LogP contribution in [0.1, 0.15) is 49.9 Å². The van der Waals surface area contributed by atoms with Crippen molar-refractivity contribution in [1.82, 2.24) is 5.32 Å². The van der Waals surface area contributed by atoms with Gasteiger partial charge in [0.25, 0.3) is 17.6 Å². The minimum atomic E-state index is -0.876. The fourth-order valence-corrected chi connectivity index (χ4v) is 4.02. The lowest BCUT2D eigenvalue weighted by Gasteiger charge is -2.21. The van der Waals surface area contributed by atoms with E-state index in [2.05, 4.69) is 10.6 Å². The highest BCUT2D eigenvalue weighted by atomic mass is 16.7. The minimum Gasteiger partial charge on any atom is -0.454 e. The number of hydrogen-bond donors (Lipinski definition) is 2. The molecule has 0 radical (unpaired) electrons. The van der Waals surface area contributed by atoms with Crippen LogP contribution in [0, 0.1) is 5.92 Å². The van der Waals surface area contributed by atoms with E-state index in [4.69, 9.17) is 14.2 Å². The molecule has 0 bridgehead atoms. The van der Waals surface area contributed by atoms with Gasteiger partial charge in [0.05, 0.1) is 0 Å². The predicted molar refractivity (Wildman–Crippen MR) is 121 cm³/mol. The number of esters is 1. The van der Waals surface area contributed by atoms with Gasteiger partial charge in [0.2, 0.25) is 0 Å². The largest absolute Gasteiger partial charge is 0.454 e. The van der Waals surface area contributed by atoms with E-state index < -0.39 is 30.3 Å². The second-order valence-electron chi connectivity index (χ2n) is 8.70. The van der Waals surface area contributed by atoms with Gasteiger partial charge in [-0.25, -0.2) is 4.79 Å². The number of carbonyl (C=O) groups excluding carboxylic acids is 3.